The van der Waals surface area contributed by atoms with E-state index in [0.717, 1.165) is 19.3 Å². The molecule has 2 heterocycles. The lowest BCUT2D eigenvalue weighted by atomic mass is 10.0. The molecular weight excluding hydrogens is 332 g/mol. The van der Waals surface area contributed by atoms with Gasteiger partial charge in [-0.25, -0.2) is 0 Å². The quantitative estimate of drug-likeness (QED) is 0.553. The lowest BCUT2D eigenvalue weighted by molar-refractivity contribution is -0.137. The first-order chi connectivity index (χ1) is 12.7. The molecule has 1 fully saturated rings. The molecule has 0 atom stereocenters. The Hall–Kier alpha value is -2.34. The minimum atomic E-state index is -0.225. The average Bonchev–Trinajstić information content (AvgIpc) is 2.93. The van der Waals surface area contributed by atoms with E-state index < -0.39 is 0 Å². The van der Waals surface area contributed by atoms with Crippen molar-refractivity contribution in [3.63, 3.8) is 0 Å². The number of carbonyl (C=O) groups is 2. The highest BCUT2D eigenvalue weighted by atomic mass is 16.5. The van der Waals surface area contributed by atoms with Gasteiger partial charge in [0, 0.05) is 25.2 Å². The fourth-order valence-electron chi connectivity index (χ4n) is 3.46. The number of para-hydroxylation sites is 1. The molecule has 3 rings (SSSR count). The van der Waals surface area contributed by atoms with Crippen LogP contribution in [0.3, 0.4) is 0 Å². The van der Waals surface area contributed by atoms with E-state index in [0.29, 0.717) is 55.4 Å². The number of methoxy groups -OCH3 is 1. The molecule has 0 radical (unpaired) electrons. The van der Waals surface area contributed by atoms with Crippen LogP contribution < -0.4 is 4.74 Å². The van der Waals surface area contributed by atoms with Crippen molar-refractivity contribution in [3.05, 3.63) is 35.5 Å². The van der Waals surface area contributed by atoms with Crippen molar-refractivity contribution in [2.24, 2.45) is 0 Å². The van der Waals surface area contributed by atoms with E-state index in [1.807, 2.05) is 29.2 Å². The number of amides is 2. The Balaban J connectivity index is 2.02. The molecule has 2 aliphatic rings. The molecule has 6 heteroatoms. The molecule has 26 heavy (non-hydrogen) atoms. The van der Waals surface area contributed by atoms with Gasteiger partial charge in [-0.3, -0.25) is 14.5 Å². The topological polar surface area (TPSA) is 59.1 Å². The highest BCUT2D eigenvalue weighted by Gasteiger charge is 2.42. The SMILES string of the molecule is CCCCCN1C(=O)C(c2ccccc2OC)=C(N2CCOCC2)C1=O. The minimum Gasteiger partial charge on any atom is -0.496 e. The Labute approximate surface area is 154 Å². The number of carbonyl (C=O) groups excluding carboxylic acids is 2. The van der Waals surface area contributed by atoms with Gasteiger partial charge >= 0.3 is 0 Å². The number of hydrogen-bond donors (Lipinski definition) is 0. The molecule has 1 aromatic carbocycles. The maximum atomic E-state index is 13.2. The van der Waals surface area contributed by atoms with E-state index in [1.165, 1.54) is 4.90 Å². The van der Waals surface area contributed by atoms with Crippen molar-refractivity contribution >= 4 is 17.4 Å². The zero-order valence-corrected chi connectivity index (χ0v) is 15.5. The third-order valence-corrected chi connectivity index (χ3v) is 4.83. The van der Waals surface area contributed by atoms with Gasteiger partial charge in [0.1, 0.15) is 11.4 Å². The fourth-order valence-corrected chi connectivity index (χ4v) is 3.46. The maximum absolute atomic E-state index is 13.2. The number of nitrogens with zero attached hydrogens (tertiary/aromatic N) is 2. The molecule has 0 unspecified atom stereocenters. The standard InChI is InChI=1S/C20H26N2O4/c1-3-4-7-10-22-19(23)17(15-8-5-6-9-16(15)25-2)18(20(22)24)21-11-13-26-14-12-21/h5-6,8-9H,3-4,7,10-14H2,1-2H3. The number of ether oxygens (including phenoxy) is 2. The van der Waals surface area contributed by atoms with Gasteiger partial charge in [0.2, 0.25) is 0 Å². The molecule has 0 N–H and O–H groups in total. The van der Waals surface area contributed by atoms with E-state index in [1.54, 1.807) is 7.11 Å². The molecule has 0 aromatic heterocycles. The van der Waals surface area contributed by atoms with Gasteiger partial charge in [0.05, 0.1) is 25.9 Å². The number of hydrogen-bond acceptors (Lipinski definition) is 5. The highest BCUT2D eigenvalue weighted by molar-refractivity contribution is 6.36. The zero-order valence-electron chi connectivity index (χ0n) is 15.5. The highest BCUT2D eigenvalue weighted by Crippen LogP contribution is 2.36. The Morgan fingerprint density at radius 1 is 1.08 bits per heavy atom. The van der Waals surface area contributed by atoms with Gasteiger partial charge in [-0.05, 0) is 12.5 Å². The van der Waals surface area contributed by atoms with Crippen LogP contribution in [-0.4, -0.2) is 61.6 Å². The van der Waals surface area contributed by atoms with Gasteiger partial charge < -0.3 is 14.4 Å². The Kier molecular flexibility index (Phi) is 5.93. The molecule has 6 nitrogen and oxygen atoms in total. The van der Waals surface area contributed by atoms with Crippen LogP contribution in [0.4, 0.5) is 0 Å². The predicted octanol–water partition coefficient (Wildman–Crippen LogP) is 2.30. The molecule has 2 aliphatic heterocycles. The van der Waals surface area contributed by atoms with E-state index in [4.69, 9.17) is 9.47 Å². The molecule has 2 amide bonds. The predicted molar refractivity (Wildman–Crippen MR) is 98.6 cm³/mol. The normalized spacial score (nSPS) is 18.1. The smallest absolute Gasteiger partial charge is 0.277 e. The summed E-state index contributed by atoms with van der Waals surface area (Å²) in [7, 11) is 1.58. The molecule has 0 aliphatic carbocycles. The van der Waals surface area contributed by atoms with Crippen LogP contribution in [0, 0.1) is 0 Å². The first-order valence-electron chi connectivity index (χ1n) is 9.25. The van der Waals surface area contributed by atoms with Crippen LogP contribution in [-0.2, 0) is 14.3 Å². The van der Waals surface area contributed by atoms with Crippen molar-refractivity contribution in [1.29, 1.82) is 0 Å². The first-order valence-corrected chi connectivity index (χ1v) is 9.25. The Bertz CT molecular complexity index is 708. The van der Waals surface area contributed by atoms with Gasteiger partial charge in [0.15, 0.2) is 0 Å². The lowest BCUT2D eigenvalue weighted by Crippen LogP contribution is -2.40. The third-order valence-electron chi connectivity index (χ3n) is 4.83. The Morgan fingerprint density at radius 2 is 1.81 bits per heavy atom. The summed E-state index contributed by atoms with van der Waals surface area (Å²) in [4.78, 5) is 29.7. The van der Waals surface area contributed by atoms with Crippen LogP contribution >= 0.6 is 0 Å². The van der Waals surface area contributed by atoms with E-state index in [2.05, 4.69) is 6.92 Å². The molecule has 1 saturated heterocycles. The van der Waals surface area contributed by atoms with Crippen molar-refractivity contribution in [2.75, 3.05) is 40.0 Å². The van der Waals surface area contributed by atoms with Crippen molar-refractivity contribution in [2.45, 2.75) is 26.2 Å². The van der Waals surface area contributed by atoms with E-state index in [9.17, 15) is 9.59 Å². The summed E-state index contributed by atoms with van der Waals surface area (Å²) in [5.41, 5.74) is 1.61. The first kappa shape index (κ1) is 18.5. The average molecular weight is 358 g/mol. The van der Waals surface area contributed by atoms with Crippen molar-refractivity contribution in [3.8, 4) is 5.75 Å². The molecular formula is C20H26N2O4. The van der Waals surface area contributed by atoms with Gasteiger partial charge in [-0.2, -0.15) is 0 Å². The minimum absolute atomic E-state index is 0.200. The second-order valence-electron chi connectivity index (χ2n) is 6.49. The van der Waals surface area contributed by atoms with E-state index >= 15 is 0 Å². The Morgan fingerprint density at radius 3 is 2.50 bits per heavy atom. The summed E-state index contributed by atoms with van der Waals surface area (Å²) < 4.78 is 10.9. The monoisotopic (exact) mass is 358 g/mol. The summed E-state index contributed by atoms with van der Waals surface area (Å²) in [5, 5.41) is 0. The van der Waals surface area contributed by atoms with Gasteiger partial charge in [-0.1, -0.05) is 38.0 Å². The second-order valence-corrected chi connectivity index (χ2v) is 6.49. The number of unbranched alkanes of at least 4 members (excludes halogenated alkanes) is 2. The largest absolute Gasteiger partial charge is 0.496 e. The van der Waals surface area contributed by atoms with E-state index in [-0.39, 0.29) is 11.8 Å². The fraction of sp³-hybridized carbons (Fsp3) is 0.500. The number of benzene rings is 1. The third kappa shape index (κ3) is 3.46. The number of imide groups is 1. The van der Waals surface area contributed by atoms with Crippen LogP contribution in [0.15, 0.2) is 30.0 Å². The number of morpholine rings is 1. The van der Waals surface area contributed by atoms with Crippen LogP contribution in [0.2, 0.25) is 0 Å². The summed E-state index contributed by atoms with van der Waals surface area (Å²) >= 11 is 0. The molecule has 0 saturated carbocycles. The van der Waals surface area contributed by atoms with Gasteiger partial charge in [0.25, 0.3) is 11.8 Å². The van der Waals surface area contributed by atoms with Crippen LogP contribution in [0.5, 0.6) is 5.75 Å². The summed E-state index contributed by atoms with van der Waals surface area (Å²) in [5.74, 6) is 0.177. The summed E-state index contributed by atoms with van der Waals surface area (Å²) in [6.45, 7) is 4.88. The van der Waals surface area contributed by atoms with Crippen LogP contribution in [0.1, 0.15) is 31.7 Å². The number of rotatable bonds is 7. The van der Waals surface area contributed by atoms with Gasteiger partial charge in [-0.15, -0.1) is 0 Å². The lowest BCUT2D eigenvalue weighted by Gasteiger charge is -2.29. The molecule has 0 bridgehead atoms. The van der Waals surface area contributed by atoms with Crippen molar-refractivity contribution in [1.82, 2.24) is 9.80 Å². The second kappa shape index (κ2) is 8.36. The zero-order chi connectivity index (χ0) is 18.5. The summed E-state index contributed by atoms with van der Waals surface area (Å²) in [6.07, 6.45) is 2.86. The molecule has 1 aromatic rings. The van der Waals surface area contributed by atoms with Crippen molar-refractivity contribution < 1.29 is 19.1 Å². The summed E-state index contributed by atoms with van der Waals surface area (Å²) in [6, 6.07) is 7.38. The maximum Gasteiger partial charge on any atom is 0.277 e. The molecule has 140 valence electrons. The van der Waals surface area contributed by atoms with Crippen LogP contribution in [0.25, 0.3) is 5.57 Å². The molecule has 0 spiro atoms.